The number of rotatable bonds is 8. The summed E-state index contributed by atoms with van der Waals surface area (Å²) in [6, 6.07) is 11.2. The molecule has 2 aliphatic heterocycles. The van der Waals surface area contributed by atoms with Crippen LogP contribution >= 0.6 is 0 Å². The van der Waals surface area contributed by atoms with Gasteiger partial charge in [0.2, 0.25) is 5.91 Å². The molecule has 0 saturated carbocycles. The molecule has 2 aromatic heterocycles. The fraction of sp³-hybridized carbons (Fsp3) is 0.423. The summed E-state index contributed by atoms with van der Waals surface area (Å²) in [4.78, 5) is 31.3. The number of nitrogens with two attached hydrogens (primary N) is 1. The number of aromatic nitrogens is 4. The van der Waals surface area contributed by atoms with E-state index in [0.717, 1.165) is 18.6 Å². The van der Waals surface area contributed by atoms with Crippen LogP contribution in [0, 0.1) is 6.92 Å². The highest BCUT2D eigenvalue weighted by Gasteiger charge is 2.33. The van der Waals surface area contributed by atoms with Gasteiger partial charge in [-0.05, 0) is 38.0 Å². The van der Waals surface area contributed by atoms with Crippen LogP contribution in [0.15, 0.2) is 48.8 Å². The van der Waals surface area contributed by atoms with E-state index in [9.17, 15) is 9.59 Å². The molecule has 200 valence electrons. The van der Waals surface area contributed by atoms with Crippen molar-refractivity contribution in [2.24, 2.45) is 0 Å². The summed E-state index contributed by atoms with van der Waals surface area (Å²) in [5.74, 6) is 1.54. The first kappa shape index (κ1) is 25.5. The average molecular weight is 522 g/mol. The molecule has 38 heavy (non-hydrogen) atoms. The van der Waals surface area contributed by atoms with Gasteiger partial charge >= 0.3 is 0 Å². The highest BCUT2D eigenvalue weighted by Crippen LogP contribution is 2.22. The lowest BCUT2D eigenvalue weighted by Gasteiger charge is -2.33. The summed E-state index contributed by atoms with van der Waals surface area (Å²) in [7, 11) is 0. The predicted octanol–water partition coefficient (Wildman–Crippen LogP) is 1.81. The number of pyridine rings is 1. The number of nitrogen functional groups attached to an aromatic ring is 1. The Balaban J connectivity index is 1.08. The third-order valence-electron chi connectivity index (χ3n) is 6.45. The largest absolute Gasteiger partial charge is 0.489 e. The van der Waals surface area contributed by atoms with E-state index < -0.39 is 6.10 Å². The summed E-state index contributed by atoms with van der Waals surface area (Å²) in [5.41, 5.74) is 6.85. The summed E-state index contributed by atoms with van der Waals surface area (Å²) in [6.45, 7) is 3.50. The molecule has 0 spiro atoms. The van der Waals surface area contributed by atoms with E-state index >= 15 is 0 Å². The molecule has 2 amide bonds. The number of hydrogen-bond acceptors (Lipinski definition) is 9. The first-order valence-electron chi connectivity index (χ1n) is 12.6. The molecule has 2 fully saturated rings. The number of nitrogens with one attached hydrogen (secondary N) is 1. The molecule has 12 nitrogen and oxygen atoms in total. The van der Waals surface area contributed by atoms with Crippen molar-refractivity contribution in [1.82, 2.24) is 24.9 Å². The van der Waals surface area contributed by atoms with Crippen LogP contribution in [0.3, 0.4) is 0 Å². The van der Waals surface area contributed by atoms with Crippen LogP contribution in [-0.4, -0.2) is 74.7 Å². The van der Waals surface area contributed by atoms with Crippen molar-refractivity contribution in [1.29, 1.82) is 0 Å². The minimum Gasteiger partial charge on any atom is -0.489 e. The Hall–Kier alpha value is -4.19. The number of carbonyl (C=O) groups excluding carboxylic acids is 2. The fourth-order valence-electron chi connectivity index (χ4n) is 4.51. The second kappa shape index (κ2) is 11.5. The molecule has 2 aliphatic rings. The van der Waals surface area contributed by atoms with E-state index in [2.05, 4.69) is 20.6 Å². The minimum atomic E-state index is -0.690. The van der Waals surface area contributed by atoms with Gasteiger partial charge in [0, 0.05) is 25.2 Å². The maximum absolute atomic E-state index is 12.9. The highest BCUT2D eigenvalue weighted by molar-refractivity contribution is 5.93. The van der Waals surface area contributed by atoms with Crippen LogP contribution in [-0.2, 0) is 20.9 Å². The maximum Gasteiger partial charge on any atom is 0.254 e. The molecular formula is C26H31N7O5. The van der Waals surface area contributed by atoms with Crippen molar-refractivity contribution in [2.45, 2.75) is 51.0 Å². The Kier molecular flexibility index (Phi) is 7.68. The molecule has 12 heteroatoms. The summed E-state index contributed by atoms with van der Waals surface area (Å²) >= 11 is 0. The monoisotopic (exact) mass is 521 g/mol. The van der Waals surface area contributed by atoms with Crippen LogP contribution in [0.25, 0.3) is 0 Å². The molecule has 3 atom stereocenters. The van der Waals surface area contributed by atoms with Crippen LogP contribution in [0.2, 0.25) is 0 Å². The molecule has 3 N–H and O–H groups in total. The Morgan fingerprint density at radius 2 is 1.97 bits per heavy atom. The molecule has 3 aromatic rings. The third-order valence-corrected chi connectivity index (χ3v) is 6.45. The number of amides is 2. The van der Waals surface area contributed by atoms with Crippen LogP contribution in [0.4, 0.5) is 11.6 Å². The van der Waals surface area contributed by atoms with Gasteiger partial charge < -0.3 is 30.2 Å². The Labute approximate surface area is 220 Å². The number of benzene rings is 1. The van der Waals surface area contributed by atoms with E-state index in [0.29, 0.717) is 31.1 Å². The van der Waals surface area contributed by atoms with Crippen molar-refractivity contribution < 1.29 is 23.8 Å². The quantitative estimate of drug-likeness (QED) is 0.453. The first-order valence-corrected chi connectivity index (χ1v) is 12.6. The van der Waals surface area contributed by atoms with Crippen molar-refractivity contribution in [3.05, 3.63) is 54.4 Å². The van der Waals surface area contributed by atoms with Crippen LogP contribution in [0.1, 0.15) is 24.8 Å². The minimum absolute atomic E-state index is 0.0189. The fourth-order valence-corrected chi connectivity index (χ4v) is 4.51. The van der Waals surface area contributed by atoms with E-state index in [1.807, 2.05) is 31.2 Å². The Morgan fingerprint density at radius 3 is 2.79 bits per heavy atom. The van der Waals surface area contributed by atoms with E-state index in [1.165, 1.54) is 16.4 Å². The van der Waals surface area contributed by atoms with Gasteiger partial charge in [-0.15, -0.1) is 5.10 Å². The molecule has 2 unspecified atom stereocenters. The predicted molar refractivity (Wildman–Crippen MR) is 137 cm³/mol. The summed E-state index contributed by atoms with van der Waals surface area (Å²) in [6.07, 6.45) is 4.18. The number of anilines is 2. The number of ether oxygens (including phenoxy) is 3. The van der Waals surface area contributed by atoms with E-state index in [4.69, 9.17) is 19.9 Å². The number of hydrogen-bond donors (Lipinski definition) is 2. The van der Waals surface area contributed by atoms with Crippen molar-refractivity contribution >= 4 is 23.5 Å². The first-order chi connectivity index (χ1) is 18.4. The molecule has 0 aliphatic carbocycles. The Bertz CT molecular complexity index is 1260. The Morgan fingerprint density at radius 1 is 1.16 bits per heavy atom. The van der Waals surface area contributed by atoms with Crippen molar-refractivity contribution in [3.63, 3.8) is 0 Å². The lowest BCUT2D eigenvalue weighted by Crippen LogP contribution is -2.45. The average Bonchev–Trinajstić information content (AvgIpc) is 3.55. The standard InChI is InChI=1S/C26H31N7O5/c1-17-4-6-18(7-5-17)37-20-3-2-10-32(13-20)25(34)15-33-14-24(30-31-33)29-26(35)22-11-21(16-36-22)38-19-8-9-28-23(27)12-19/h4-9,12,14,20-22H,2-3,10-11,13,15-16H2,1H3,(H2,27,28)(H,29,35)/t20-,21?,22?/m0/s1. The topological polar surface area (TPSA) is 147 Å². The number of carbonyl (C=O) groups is 2. The van der Waals surface area contributed by atoms with Gasteiger partial charge in [-0.2, -0.15) is 0 Å². The second-order valence-corrected chi connectivity index (χ2v) is 9.54. The van der Waals surface area contributed by atoms with Crippen LogP contribution < -0.4 is 20.5 Å². The lowest BCUT2D eigenvalue weighted by molar-refractivity contribution is -0.134. The lowest BCUT2D eigenvalue weighted by atomic mass is 10.1. The van der Waals surface area contributed by atoms with Gasteiger partial charge in [-0.25, -0.2) is 9.67 Å². The molecule has 2 saturated heterocycles. The zero-order chi connectivity index (χ0) is 26.5. The number of piperidine rings is 1. The molecule has 5 rings (SSSR count). The molecule has 0 bridgehead atoms. The van der Waals surface area contributed by atoms with Crippen LogP contribution in [0.5, 0.6) is 11.5 Å². The van der Waals surface area contributed by atoms with Gasteiger partial charge in [0.15, 0.2) is 5.82 Å². The van der Waals surface area contributed by atoms with Gasteiger partial charge in [-0.1, -0.05) is 22.9 Å². The van der Waals surface area contributed by atoms with Gasteiger partial charge in [0.25, 0.3) is 5.91 Å². The maximum atomic E-state index is 12.9. The molecular weight excluding hydrogens is 490 g/mol. The van der Waals surface area contributed by atoms with E-state index in [-0.39, 0.29) is 43.0 Å². The highest BCUT2D eigenvalue weighted by atomic mass is 16.6. The SMILES string of the molecule is Cc1ccc(O[C@H]2CCCN(C(=O)Cn3cc(NC(=O)C4CC(Oc5ccnc(N)c5)CO4)nn3)C2)cc1. The number of aryl methyl sites for hydroxylation is 1. The molecule has 1 aromatic carbocycles. The van der Waals surface area contributed by atoms with Crippen molar-refractivity contribution in [2.75, 3.05) is 30.7 Å². The summed E-state index contributed by atoms with van der Waals surface area (Å²) < 4.78 is 18.9. The zero-order valence-electron chi connectivity index (χ0n) is 21.2. The molecule has 0 radical (unpaired) electrons. The second-order valence-electron chi connectivity index (χ2n) is 9.54. The van der Waals surface area contributed by atoms with Crippen molar-refractivity contribution in [3.8, 4) is 11.5 Å². The third kappa shape index (κ3) is 6.57. The normalized spacial score (nSPS) is 21.2. The summed E-state index contributed by atoms with van der Waals surface area (Å²) in [5, 5.41) is 10.7. The zero-order valence-corrected chi connectivity index (χ0v) is 21.2. The molecule has 4 heterocycles. The van der Waals surface area contributed by atoms with Gasteiger partial charge in [-0.3, -0.25) is 9.59 Å². The number of nitrogens with zero attached hydrogens (tertiary/aromatic N) is 5. The smallest absolute Gasteiger partial charge is 0.254 e. The van der Waals surface area contributed by atoms with E-state index in [1.54, 1.807) is 23.2 Å². The van der Waals surface area contributed by atoms with Gasteiger partial charge in [0.05, 0.1) is 19.3 Å². The van der Waals surface area contributed by atoms with Gasteiger partial charge in [0.1, 0.15) is 42.2 Å². The number of likely N-dealkylation sites (tertiary alicyclic amines) is 1.